The van der Waals surface area contributed by atoms with Crippen LogP contribution in [0.2, 0.25) is 0 Å². The van der Waals surface area contributed by atoms with Crippen molar-refractivity contribution in [1.82, 2.24) is 19.8 Å². The van der Waals surface area contributed by atoms with Crippen molar-refractivity contribution in [3.63, 3.8) is 0 Å². The molecule has 0 bridgehead atoms. The lowest BCUT2D eigenvalue weighted by atomic mass is 10.1. The van der Waals surface area contributed by atoms with Crippen LogP contribution in [0, 0.1) is 0 Å². The van der Waals surface area contributed by atoms with Gasteiger partial charge >= 0.3 is 6.09 Å². The van der Waals surface area contributed by atoms with Crippen LogP contribution >= 0.6 is 0 Å². The molecule has 2 aliphatic rings. The molecular weight excluding hydrogens is 236 g/mol. The van der Waals surface area contributed by atoms with Crippen LogP contribution in [0.3, 0.4) is 0 Å². The van der Waals surface area contributed by atoms with Crippen LogP contribution in [0.25, 0.3) is 0 Å². The molecule has 0 aliphatic carbocycles. The predicted molar refractivity (Wildman–Crippen MR) is 60.6 cm³/mol. The van der Waals surface area contributed by atoms with Gasteiger partial charge in [-0.2, -0.15) is 0 Å². The number of nitrogens with one attached hydrogen (secondary N) is 1. The number of rotatable bonds is 2. The third-order valence-electron chi connectivity index (χ3n) is 3.30. The Morgan fingerprint density at radius 3 is 3.17 bits per heavy atom. The number of fused-ring (bicyclic) bond motifs is 1. The number of carbonyl (C=O) groups excluding carboxylic acids is 2. The Morgan fingerprint density at radius 1 is 1.50 bits per heavy atom. The van der Waals surface area contributed by atoms with E-state index in [0.717, 1.165) is 17.8 Å². The van der Waals surface area contributed by atoms with Crippen LogP contribution in [-0.2, 0) is 22.5 Å². The second-order valence-corrected chi connectivity index (χ2v) is 4.43. The van der Waals surface area contributed by atoms with Gasteiger partial charge in [-0.05, 0) is 0 Å². The summed E-state index contributed by atoms with van der Waals surface area (Å²) in [5.74, 6) is -0.0471. The first kappa shape index (κ1) is 11.1. The van der Waals surface area contributed by atoms with Crippen molar-refractivity contribution in [2.45, 2.75) is 13.0 Å². The van der Waals surface area contributed by atoms with E-state index in [-0.39, 0.29) is 12.5 Å². The monoisotopic (exact) mass is 250 g/mol. The maximum atomic E-state index is 12.1. The third-order valence-corrected chi connectivity index (χ3v) is 3.30. The lowest BCUT2D eigenvalue weighted by Gasteiger charge is -2.27. The smallest absolute Gasteiger partial charge is 0.410 e. The van der Waals surface area contributed by atoms with Crippen molar-refractivity contribution >= 4 is 12.0 Å². The van der Waals surface area contributed by atoms with E-state index in [0.29, 0.717) is 26.2 Å². The number of nitrogens with zero attached hydrogens (tertiary/aromatic N) is 3. The zero-order valence-corrected chi connectivity index (χ0v) is 9.89. The summed E-state index contributed by atoms with van der Waals surface area (Å²) in [7, 11) is 0. The molecule has 96 valence electrons. The van der Waals surface area contributed by atoms with Crippen molar-refractivity contribution < 1.29 is 14.3 Å². The highest BCUT2D eigenvalue weighted by Crippen LogP contribution is 2.15. The number of imidazole rings is 1. The molecule has 0 unspecified atom stereocenters. The number of H-pyrrole nitrogens is 1. The standard InChI is InChI=1S/C11H14N4O3/c16-10(6-15-3-4-18-11(15)17)14-2-1-8-9(5-14)13-7-12-8/h7H,1-6H2,(H,12,13). The summed E-state index contributed by atoms with van der Waals surface area (Å²) in [6, 6.07) is 0. The topological polar surface area (TPSA) is 78.5 Å². The number of aromatic nitrogens is 2. The number of hydrogen-bond acceptors (Lipinski definition) is 4. The minimum Gasteiger partial charge on any atom is -0.448 e. The minimum atomic E-state index is -0.400. The first-order valence-electron chi connectivity index (χ1n) is 5.94. The molecule has 0 spiro atoms. The second kappa shape index (κ2) is 4.32. The van der Waals surface area contributed by atoms with Gasteiger partial charge in [0.15, 0.2) is 0 Å². The van der Waals surface area contributed by atoms with Crippen LogP contribution < -0.4 is 0 Å². The van der Waals surface area contributed by atoms with E-state index in [9.17, 15) is 9.59 Å². The molecule has 0 atom stereocenters. The van der Waals surface area contributed by atoms with Gasteiger partial charge in [0, 0.05) is 13.0 Å². The van der Waals surface area contributed by atoms with Gasteiger partial charge in [0.05, 0.1) is 30.8 Å². The Morgan fingerprint density at radius 2 is 2.39 bits per heavy atom. The van der Waals surface area contributed by atoms with Crippen LogP contribution in [0.15, 0.2) is 6.33 Å². The Balaban J connectivity index is 1.62. The van der Waals surface area contributed by atoms with Gasteiger partial charge in [-0.25, -0.2) is 9.78 Å². The molecular formula is C11H14N4O3. The fourth-order valence-electron chi connectivity index (χ4n) is 2.26. The first-order chi connectivity index (χ1) is 8.74. The van der Waals surface area contributed by atoms with E-state index in [1.807, 2.05) is 0 Å². The van der Waals surface area contributed by atoms with Crippen LogP contribution in [0.4, 0.5) is 4.79 Å². The van der Waals surface area contributed by atoms with Crippen molar-refractivity contribution in [3.8, 4) is 0 Å². The number of hydrogen-bond donors (Lipinski definition) is 1. The van der Waals surface area contributed by atoms with E-state index in [4.69, 9.17) is 4.74 Å². The zero-order chi connectivity index (χ0) is 12.5. The van der Waals surface area contributed by atoms with Gasteiger partial charge in [0.2, 0.25) is 5.91 Å². The molecule has 1 aromatic heterocycles. The Kier molecular flexibility index (Phi) is 2.66. The molecule has 1 fully saturated rings. The molecule has 7 nitrogen and oxygen atoms in total. The third kappa shape index (κ3) is 1.92. The van der Waals surface area contributed by atoms with Gasteiger partial charge in [0.25, 0.3) is 0 Å². The molecule has 2 aliphatic heterocycles. The van der Waals surface area contributed by atoms with E-state index < -0.39 is 6.09 Å². The highest BCUT2D eigenvalue weighted by molar-refractivity contribution is 5.83. The van der Waals surface area contributed by atoms with E-state index in [1.165, 1.54) is 4.90 Å². The summed E-state index contributed by atoms with van der Waals surface area (Å²) in [6.07, 6.45) is 2.01. The Labute approximate surface area is 104 Å². The number of ether oxygens (including phenoxy) is 1. The fourth-order valence-corrected chi connectivity index (χ4v) is 2.26. The molecule has 3 rings (SSSR count). The molecule has 1 aromatic rings. The van der Waals surface area contributed by atoms with E-state index in [2.05, 4.69) is 9.97 Å². The molecule has 1 saturated heterocycles. The van der Waals surface area contributed by atoms with Gasteiger partial charge in [-0.1, -0.05) is 0 Å². The highest BCUT2D eigenvalue weighted by atomic mass is 16.6. The van der Waals surface area contributed by atoms with Crippen molar-refractivity contribution in [1.29, 1.82) is 0 Å². The summed E-state index contributed by atoms with van der Waals surface area (Å²) >= 11 is 0. The average molecular weight is 250 g/mol. The summed E-state index contributed by atoms with van der Waals surface area (Å²) in [4.78, 5) is 33.7. The molecule has 2 amide bonds. The molecule has 0 aromatic carbocycles. The fraction of sp³-hybridized carbons (Fsp3) is 0.545. The molecule has 1 N–H and O–H groups in total. The second-order valence-electron chi connectivity index (χ2n) is 4.43. The number of amides is 2. The SMILES string of the molecule is O=C(CN1CCOC1=O)N1CCc2nc[nH]c2C1. The summed E-state index contributed by atoms with van der Waals surface area (Å²) in [5, 5.41) is 0. The normalized spacial score (nSPS) is 18.8. The first-order valence-corrected chi connectivity index (χ1v) is 5.94. The molecule has 3 heterocycles. The summed E-state index contributed by atoms with van der Waals surface area (Å²) < 4.78 is 4.80. The quantitative estimate of drug-likeness (QED) is 0.784. The van der Waals surface area contributed by atoms with Crippen molar-refractivity contribution in [2.24, 2.45) is 0 Å². The number of carbonyl (C=O) groups is 2. The zero-order valence-electron chi connectivity index (χ0n) is 9.89. The van der Waals surface area contributed by atoms with Crippen molar-refractivity contribution in [2.75, 3.05) is 26.2 Å². The van der Waals surface area contributed by atoms with Gasteiger partial charge < -0.3 is 14.6 Å². The molecule has 7 heteroatoms. The van der Waals surface area contributed by atoms with E-state index >= 15 is 0 Å². The van der Waals surface area contributed by atoms with Crippen molar-refractivity contribution in [3.05, 3.63) is 17.7 Å². The minimum absolute atomic E-state index is 0.0471. The predicted octanol–water partition coefficient (Wildman–Crippen LogP) is -0.253. The summed E-state index contributed by atoms with van der Waals surface area (Å²) in [6.45, 7) is 2.16. The van der Waals surface area contributed by atoms with Gasteiger partial charge in [-0.15, -0.1) is 0 Å². The van der Waals surface area contributed by atoms with Gasteiger partial charge in [0.1, 0.15) is 13.2 Å². The highest BCUT2D eigenvalue weighted by Gasteiger charge is 2.28. The molecule has 0 radical (unpaired) electrons. The lowest BCUT2D eigenvalue weighted by Crippen LogP contribution is -2.43. The largest absolute Gasteiger partial charge is 0.448 e. The average Bonchev–Trinajstić information content (AvgIpc) is 2.98. The van der Waals surface area contributed by atoms with Gasteiger partial charge in [-0.3, -0.25) is 9.69 Å². The Hall–Kier alpha value is -2.05. The molecule has 0 saturated carbocycles. The maximum Gasteiger partial charge on any atom is 0.410 e. The van der Waals surface area contributed by atoms with E-state index in [1.54, 1.807) is 11.2 Å². The summed E-state index contributed by atoms with van der Waals surface area (Å²) in [5.41, 5.74) is 2.01. The maximum absolute atomic E-state index is 12.1. The number of cyclic esters (lactones) is 1. The number of aromatic amines is 1. The van der Waals surface area contributed by atoms with Crippen LogP contribution in [-0.4, -0.2) is 58.0 Å². The van der Waals surface area contributed by atoms with Crippen LogP contribution in [0.5, 0.6) is 0 Å². The Bertz CT molecular complexity index is 484. The molecule has 18 heavy (non-hydrogen) atoms. The van der Waals surface area contributed by atoms with Crippen LogP contribution in [0.1, 0.15) is 11.4 Å². The lowest BCUT2D eigenvalue weighted by molar-refractivity contribution is -0.132.